The van der Waals surface area contributed by atoms with Crippen LogP contribution in [0.1, 0.15) is 46.4 Å². The zero-order valence-corrected chi connectivity index (χ0v) is 30.2. The average molecular weight is 749 g/mol. The minimum atomic E-state index is -0.639. The van der Waals surface area contributed by atoms with Crippen molar-refractivity contribution in [3.05, 3.63) is 76.8 Å². The molecular formula is C38H40N10O7. The van der Waals surface area contributed by atoms with E-state index in [9.17, 15) is 24.3 Å². The number of rotatable bonds is 8. The van der Waals surface area contributed by atoms with E-state index in [4.69, 9.17) is 19.2 Å². The van der Waals surface area contributed by atoms with Gasteiger partial charge in [-0.15, -0.1) is 0 Å². The first-order valence-corrected chi connectivity index (χ1v) is 18.5. The van der Waals surface area contributed by atoms with Crippen molar-refractivity contribution in [2.75, 3.05) is 66.0 Å². The van der Waals surface area contributed by atoms with Gasteiger partial charge < -0.3 is 34.4 Å². The molecule has 4 aromatic rings. The molecule has 0 spiro atoms. The Morgan fingerprint density at radius 3 is 2.64 bits per heavy atom. The van der Waals surface area contributed by atoms with Crippen LogP contribution in [-0.4, -0.2) is 111 Å². The third kappa shape index (κ3) is 6.80. The van der Waals surface area contributed by atoms with Crippen molar-refractivity contribution in [2.45, 2.75) is 51.4 Å². The molecule has 55 heavy (non-hydrogen) atoms. The Labute approximate surface area is 315 Å². The van der Waals surface area contributed by atoms with Crippen LogP contribution in [0.3, 0.4) is 0 Å². The first-order chi connectivity index (χ1) is 26.6. The molecular weight excluding hydrogens is 708 g/mol. The first kappa shape index (κ1) is 34.7. The number of hydrogen-bond donors (Lipinski definition) is 3. The SMILES string of the molecule is Cc1cc(N2CC(C(=O)Nc3cc4oc(N5CCN(Cc6ccc7c(c6)CN(C6CCC(=O)NC6=O)C7=O)CC5)nc4nc3N3CC[C@@H](O)C3)=CO2)ccn1. The normalized spacial score (nSPS) is 21.6. The number of carbonyl (C=O) groups is 4. The predicted octanol–water partition coefficient (Wildman–Crippen LogP) is 1.85. The van der Waals surface area contributed by atoms with E-state index in [1.807, 2.05) is 42.2 Å². The highest BCUT2D eigenvalue weighted by atomic mass is 16.7. The molecule has 1 unspecified atom stereocenters. The number of benzene rings is 1. The number of nitrogens with zero attached hydrogens (tertiary/aromatic N) is 8. The minimum absolute atomic E-state index is 0.179. The van der Waals surface area contributed by atoms with E-state index in [1.54, 1.807) is 22.2 Å². The summed E-state index contributed by atoms with van der Waals surface area (Å²) in [5.74, 6) is -0.725. The van der Waals surface area contributed by atoms with Crippen LogP contribution in [0, 0.1) is 6.92 Å². The summed E-state index contributed by atoms with van der Waals surface area (Å²) < 4.78 is 6.25. The molecule has 2 atom stereocenters. The van der Waals surface area contributed by atoms with Crippen LogP contribution in [0.4, 0.5) is 23.2 Å². The van der Waals surface area contributed by atoms with Crippen molar-refractivity contribution < 1.29 is 33.5 Å². The number of carbonyl (C=O) groups excluding carboxylic acids is 4. The van der Waals surface area contributed by atoms with Crippen LogP contribution in [-0.2, 0) is 32.3 Å². The molecule has 284 valence electrons. The number of hydrogen-bond acceptors (Lipinski definition) is 14. The quantitative estimate of drug-likeness (QED) is 0.222. The molecule has 8 heterocycles. The summed E-state index contributed by atoms with van der Waals surface area (Å²) in [5, 5.41) is 17.3. The van der Waals surface area contributed by atoms with Gasteiger partial charge in [0.25, 0.3) is 17.8 Å². The zero-order chi connectivity index (χ0) is 37.8. The van der Waals surface area contributed by atoms with Crippen LogP contribution in [0.5, 0.6) is 0 Å². The van der Waals surface area contributed by atoms with Gasteiger partial charge in [0, 0.05) is 82.3 Å². The molecule has 5 aliphatic rings. The lowest BCUT2D eigenvalue weighted by atomic mass is 10.0. The van der Waals surface area contributed by atoms with E-state index < -0.39 is 18.1 Å². The van der Waals surface area contributed by atoms with Gasteiger partial charge in [-0.2, -0.15) is 4.98 Å². The molecule has 0 saturated carbocycles. The summed E-state index contributed by atoms with van der Waals surface area (Å²) in [6.45, 7) is 6.95. The number of anilines is 4. The first-order valence-electron chi connectivity index (χ1n) is 18.5. The molecule has 0 bridgehead atoms. The van der Waals surface area contributed by atoms with Gasteiger partial charge in [0.1, 0.15) is 12.3 Å². The summed E-state index contributed by atoms with van der Waals surface area (Å²) in [6, 6.07) is 11.1. The van der Waals surface area contributed by atoms with Gasteiger partial charge in [-0.05, 0) is 49.1 Å². The largest absolute Gasteiger partial charge is 0.422 e. The Morgan fingerprint density at radius 1 is 1.00 bits per heavy atom. The highest BCUT2D eigenvalue weighted by Gasteiger charge is 2.39. The fourth-order valence-corrected chi connectivity index (χ4v) is 7.85. The molecule has 3 fully saturated rings. The Bertz CT molecular complexity index is 2250. The number of aryl methyl sites for hydroxylation is 1. The molecule has 5 aliphatic heterocycles. The van der Waals surface area contributed by atoms with Crippen LogP contribution in [0.2, 0.25) is 0 Å². The monoisotopic (exact) mass is 748 g/mol. The van der Waals surface area contributed by atoms with Crippen LogP contribution in [0.15, 0.2) is 58.8 Å². The van der Waals surface area contributed by atoms with Crippen molar-refractivity contribution in [1.29, 1.82) is 0 Å². The lowest BCUT2D eigenvalue weighted by molar-refractivity contribution is -0.137. The summed E-state index contributed by atoms with van der Waals surface area (Å²) in [4.78, 5) is 78.1. The second-order valence-electron chi connectivity index (χ2n) is 14.6. The average Bonchev–Trinajstić information content (AvgIpc) is 3.98. The lowest BCUT2D eigenvalue weighted by Crippen LogP contribution is -2.52. The number of piperazine rings is 1. The lowest BCUT2D eigenvalue weighted by Gasteiger charge is -2.33. The number of piperidine rings is 1. The fourth-order valence-electron chi connectivity index (χ4n) is 7.85. The van der Waals surface area contributed by atoms with E-state index in [1.165, 1.54) is 6.26 Å². The maximum absolute atomic E-state index is 13.5. The Balaban J connectivity index is 0.858. The van der Waals surface area contributed by atoms with E-state index in [-0.39, 0.29) is 30.7 Å². The van der Waals surface area contributed by atoms with Crippen molar-refractivity contribution in [3.63, 3.8) is 0 Å². The van der Waals surface area contributed by atoms with Crippen LogP contribution < -0.4 is 25.5 Å². The molecule has 3 saturated heterocycles. The van der Waals surface area contributed by atoms with Gasteiger partial charge in [-0.1, -0.05) is 12.1 Å². The van der Waals surface area contributed by atoms with Gasteiger partial charge in [0.05, 0.1) is 29.6 Å². The Morgan fingerprint density at radius 2 is 1.85 bits per heavy atom. The van der Waals surface area contributed by atoms with Crippen molar-refractivity contribution in [3.8, 4) is 0 Å². The molecule has 0 aliphatic carbocycles. The molecule has 3 aromatic heterocycles. The molecule has 1 aromatic carbocycles. The summed E-state index contributed by atoms with van der Waals surface area (Å²) in [6.07, 6.45) is 3.77. The number of β-amino-alcohol motifs (C(OH)–C–C–N with tert-alkyl or cyclic N) is 1. The number of aromatic nitrogens is 3. The summed E-state index contributed by atoms with van der Waals surface area (Å²) in [5.41, 5.74) is 5.91. The minimum Gasteiger partial charge on any atom is -0.422 e. The second-order valence-corrected chi connectivity index (χ2v) is 14.6. The molecule has 3 N–H and O–H groups in total. The highest BCUT2D eigenvalue weighted by molar-refractivity contribution is 6.07. The number of fused-ring (bicyclic) bond motifs is 2. The van der Waals surface area contributed by atoms with Gasteiger partial charge in [-0.25, -0.2) is 10.0 Å². The molecule has 17 nitrogen and oxygen atoms in total. The molecule has 17 heteroatoms. The van der Waals surface area contributed by atoms with Gasteiger partial charge in [-0.3, -0.25) is 34.4 Å². The van der Waals surface area contributed by atoms with Crippen LogP contribution in [0.25, 0.3) is 11.2 Å². The standard InChI is InChI=1S/C38H40N10O7/c1-22-14-26(6-8-39-22)48-19-25(21-54-48)35(51)40-29-16-31-33(42-34(29)46-9-7-27(49)20-46)43-38(55-31)45-12-10-44(11-13-45)17-23-2-3-28-24(15-23)18-47(37(28)53)30-4-5-32(50)41-36(30)52/h2-3,6,8,14-16,21,27,30,49H,4-5,7,9-13,17-20H2,1H3,(H,40,51)(H,41,50,52)/t27-,30?/m1/s1. The fraction of sp³-hybridized carbons (Fsp3) is 0.395. The van der Waals surface area contributed by atoms with Crippen molar-refractivity contribution >= 4 is 58.1 Å². The highest BCUT2D eigenvalue weighted by Crippen LogP contribution is 2.34. The van der Waals surface area contributed by atoms with Gasteiger partial charge in [0.2, 0.25) is 17.5 Å². The summed E-state index contributed by atoms with van der Waals surface area (Å²) >= 11 is 0. The number of amides is 4. The van der Waals surface area contributed by atoms with E-state index in [0.29, 0.717) is 92.0 Å². The third-order valence-electron chi connectivity index (χ3n) is 10.8. The van der Waals surface area contributed by atoms with Crippen LogP contribution >= 0.6 is 0 Å². The topological polar surface area (TPSA) is 190 Å². The second kappa shape index (κ2) is 14.0. The number of pyridine rings is 2. The number of nitrogens with one attached hydrogen (secondary N) is 2. The predicted molar refractivity (Wildman–Crippen MR) is 199 cm³/mol. The smallest absolute Gasteiger partial charge is 0.300 e. The Hall–Kier alpha value is -6.07. The Kier molecular flexibility index (Phi) is 8.81. The van der Waals surface area contributed by atoms with Crippen molar-refractivity contribution in [2.24, 2.45) is 0 Å². The van der Waals surface area contributed by atoms with Gasteiger partial charge in [0.15, 0.2) is 11.4 Å². The van der Waals surface area contributed by atoms with Crippen molar-refractivity contribution in [1.82, 2.24) is 30.1 Å². The van der Waals surface area contributed by atoms with E-state index in [2.05, 4.69) is 25.4 Å². The molecule has 9 rings (SSSR count). The van der Waals surface area contributed by atoms with E-state index in [0.717, 1.165) is 35.6 Å². The van der Waals surface area contributed by atoms with Gasteiger partial charge >= 0.3 is 0 Å². The number of aliphatic hydroxyl groups excluding tert-OH is 1. The number of oxazole rings is 1. The number of imide groups is 1. The molecule has 4 amide bonds. The number of aliphatic hydroxyl groups is 1. The maximum Gasteiger partial charge on any atom is 0.300 e. The maximum atomic E-state index is 13.5. The zero-order valence-electron chi connectivity index (χ0n) is 30.2. The van der Waals surface area contributed by atoms with E-state index >= 15 is 0 Å². The third-order valence-corrected chi connectivity index (χ3v) is 10.8. The molecule has 0 radical (unpaired) electrons. The number of hydroxylamine groups is 1. The summed E-state index contributed by atoms with van der Waals surface area (Å²) in [7, 11) is 0.